The molecule has 1 N–H and O–H groups in total. The molecule has 2 rings (SSSR count). The number of aromatic nitrogens is 1. The van der Waals surface area contributed by atoms with E-state index in [-0.39, 0.29) is 0 Å². The van der Waals surface area contributed by atoms with E-state index in [0.717, 1.165) is 31.1 Å². The second-order valence-corrected chi connectivity index (χ2v) is 5.86. The molecule has 0 bridgehead atoms. The summed E-state index contributed by atoms with van der Waals surface area (Å²) in [6, 6.07) is 4.98. The van der Waals surface area contributed by atoms with Crippen LogP contribution in [0.4, 0.5) is 5.82 Å². The number of hydrogen-bond donors (Lipinski definition) is 1. The van der Waals surface area contributed by atoms with Gasteiger partial charge in [-0.05, 0) is 45.6 Å². The number of hydrogen-bond acceptors (Lipinski definition) is 4. The molecule has 1 aliphatic heterocycles. The summed E-state index contributed by atoms with van der Waals surface area (Å²) in [5, 5.41) is 3.18. The van der Waals surface area contributed by atoms with Crippen LogP contribution in [-0.2, 0) is 6.54 Å². The van der Waals surface area contributed by atoms with Gasteiger partial charge < -0.3 is 15.1 Å². The molecule has 106 valence electrons. The second-order valence-electron chi connectivity index (χ2n) is 5.86. The van der Waals surface area contributed by atoms with Crippen molar-refractivity contribution in [2.45, 2.75) is 26.4 Å². The predicted molar refractivity (Wildman–Crippen MR) is 80.6 cm³/mol. The Morgan fingerprint density at radius 3 is 2.63 bits per heavy atom. The van der Waals surface area contributed by atoms with E-state index in [2.05, 4.69) is 55.2 Å². The van der Waals surface area contributed by atoms with Gasteiger partial charge in [0.1, 0.15) is 5.82 Å². The molecule has 1 aliphatic rings. The Morgan fingerprint density at radius 1 is 1.37 bits per heavy atom. The number of likely N-dealkylation sites (N-methyl/N-ethyl adjacent to an activating group) is 1. The van der Waals surface area contributed by atoms with Crippen LogP contribution < -0.4 is 10.2 Å². The molecule has 0 radical (unpaired) electrons. The van der Waals surface area contributed by atoms with Crippen LogP contribution >= 0.6 is 0 Å². The van der Waals surface area contributed by atoms with Gasteiger partial charge in [-0.15, -0.1) is 0 Å². The quantitative estimate of drug-likeness (QED) is 0.891. The number of rotatable bonds is 4. The normalized spacial score (nSPS) is 23.4. The van der Waals surface area contributed by atoms with Crippen molar-refractivity contribution in [2.75, 3.05) is 39.1 Å². The lowest BCUT2D eigenvalue weighted by Gasteiger charge is -2.23. The largest absolute Gasteiger partial charge is 0.355 e. The number of aryl methyl sites for hydroxylation is 1. The van der Waals surface area contributed by atoms with Gasteiger partial charge in [0, 0.05) is 31.4 Å². The van der Waals surface area contributed by atoms with Crippen LogP contribution in [0.5, 0.6) is 0 Å². The molecule has 2 atom stereocenters. The lowest BCUT2D eigenvalue weighted by atomic mass is 10.1. The first-order chi connectivity index (χ1) is 9.02. The van der Waals surface area contributed by atoms with Crippen molar-refractivity contribution in [1.82, 2.24) is 15.2 Å². The SMILES string of the molecule is CNCc1ccc(N2CC(C)C(N(C)C)C2)nc1C. The van der Waals surface area contributed by atoms with E-state index in [4.69, 9.17) is 4.98 Å². The summed E-state index contributed by atoms with van der Waals surface area (Å²) < 4.78 is 0. The van der Waals surface area contributed by atoms with Gasteiger partial charge in [0.05, 0.1) is 0 Å². The fraction of sp³-hybridized carbons (Fsp3) is 0.667. The van der Waals surface area contributed by atoms with E-state index in [0.29, 0.717) is 12.0 Å². The van der Waals surface area contributed by atoms with Gasteiger partial charge in [-0.3, -0.25) is 0 Å². The Kier molecular flexibility index (Phi) is 4.42. The summed E-state index contributed by atoms with van der Waals surface area (Å²) in [5.74, 6) is 1.81. The third kappa shape index (κ3) is 3.07. The molecule has 0 spiro atoms. The minimum atomic E-state index is 0.624. The Morgan fingerprint density at radius 2 is 2.11 bits per heavy atom. The minimum Gasteiger partial charge on any atom is -0.355 e. The maximum Gasteiger partial charge on any atom is 0.128 e. The van der Waals surface area contributed by atoms with Gasteiger partial charge >= 0.3 is 0 Å². The van der Waals surface area contributed by atoms with E-state index in [1.807, 2.05) is 7.05 Å². The van der Waals surface area contributed by atoms with Crippen LogP contribution in [0.25, 0.3) is 0 Å². The molecule has 4 heteroatoms. The minimum absolute atomic E-state index is 0.624. The van der Waals surface area contributed by atoms with Crippen molar-refractivity contribution in [2.24, 2.45) is 5.92 Å². The first-order valence-electron chi connectivity index (χ1n) is 7.05. The van der Waals surface area contributed by atoms with Gasteiger partial charge in [-0.2, -0.15) is 0 Å². The van der Waals surface area contributed by atoms with Crippen molar-refractivity contribution < 1.29 is 0 Å². The molecule has 19 heavy (non-hydrogen) atoms. The molecule has 1 aromatic rings. The third-order valence-corrected chi connectivity index (χ3v) is 4.11. The fourth-order valence-electron chi connectivity index (χ4n) is 2.94. The van der Waals surface area contributed by atoms with Gasteiger partial charge in [0.25, 0.3) is 0 Å². The topological polar surface area (TPSA) is 31.4 Å². The van der Waals surface area contributed by atoms with Crippen LogP contribution in [0.2, 0.25) is 0 Å². The lowest BCUT2D eigenvalue weighted by molar-refractivity contribution is 0.266. The first kappa shape index (κ1) is 14.3. The smallest absolute Gasteiger partial charge is 0.128 e. The van der Waals surface area contributed by atoms with E-state index < -0.39 is 0 Å². The molecule has 1 fully saturated rings. The zero-order valence-electron chi connectivity index (χ0n) is 12.8. The number of anilines is 1. The summed E-state index contributed by atoms with van der Waals surface area (Å²) in [6.45, 7) is 7.48. The molecule has 0 aromatic carbocycles. The Labute approximate surface area is 116 Å². The van der Waals surface area contributed by atoms with Gasteiger partial charge in [-0.1, -0.05) is 13.0 Å². The zero-order valence-corrected chi connectivity index (χ0v) is 12.8. The number of nitrogens with zero attached hydrogens (tertiary/aromatic N) is 3. The van der Waals surface area contributed by atoms with Crippen molar-refractivity contribution in [3.05, 3.63) is 23.4 Å². The Balaban J connectivity index is 2.13. The van der Waals surface area contributed by atoms with E-state index in [1.165, 1.54) is 5.56 Å². The van der Waals surface area contributed by atoms with Crippen LogP contribution in [-0.4, -0.2) is 50.2 Å². The molecule has 2 unspecified atom stereocenters. The van der Waals surface area contributed by atoms with E-state index in [9.17, 15) is 0 Å². The molecule has 1 aromatic heterocycles. The number of nitrogens with one attached hydrogen (secondary N) is 1. The Hall–Kier alpha value is -1.13. The van der Waals surface area contributed by atoms with Crippen LogP contribution in [0.15, 0.2) is 12.1 Å². The van der Waals surface area contributed by atoms with Crippen LogP contribution in [0, 0.1) is 12.8 Å². The van der Waals surface area contributed by atoms with Crippen molar-refractivity contribution in [1.29, 1.82) is 0 Å². The average Bonchev–Trinajstić information content (AvgIpc) is 2.74. The van der Waals surface area contributed by atoms with E-state index >= 15 is 0 Å². The molecule has 2 heterocycles. The maximum atomic E-state index is 4.77. The Bertz CT molecular complexity index is 430. The first-order valence-corrected chi connectivity index (χ1v) is 7.05. The third-order valence-electron chi connectivity index (χ3n) is 4.11. The van der Waals surface area contributed by atoms with Gasteiger partial charge in [0.15, 0.2) is 0 Å². The number of pyridine rings is 1. The average molecular weight is 262 g/mol. The summed E-state index contributed by atoms with van der Waals surface area (Å²) in [6.07, 6.45) is 0. The highest BCUT2D eigenvalue weighted by molar-refractivity contribution is 5.43. The van der Waals surface area contributed by atoms with Crippen molar-refractivity contribution >= 4 is 5.82 Å². The summed E-state index contributed by atoms with van der Waals surface area (Å²) in [4.78, 5) is 9.50. The highest BCUT2D eigenvalue weighted by atomic mass is 15.3. The summed E-state index contributed by atoms with van der Waals surface area (Å²) in [7, 11) is 6.30. The summed E-state index contributed by atoms with van der Waals surface area (Å²) >= 11 is 0. The van der Waals surface area contributed by atoms with Crippen LogP contribution in [0.1, 0.15) is 18.2 Å². The zero-order chi connectivity index (χ0) is 14.0. The highest BCUT2D eigenvalue weighted by Gasteiger charge is 2.31. The monoisotopic (exact) mass is 262 g/mol. The molecule has 1 saturated heterocycles. The standard InChI is InChI=1S/C15H26N4/c1-11-9-19(10-14(11)18(4)5)15-7-6-13(8-16-3)12(2)17-15/h6-7,11,14,16H,8-10H2,1-5H3. The maximum absolute atomic E-state index is 4.77. The van der Waals surface area contributed by atoms with Crippen molar-refractivity contribution in [3.63, 3.8) is 0 Å². The van der Waals surface area contributed by atoms with Crippen LogP contribution in [0.3, 0.4) is 0 Å². The molecule has 4 nitrogen and oxygen atoms in total. The summed E-state index contributed by atoms with van der Waals surface area (Å²) in [5.41, 5.74) is 2.41. The van der Waals surface area contributed by atoms with Crippen molar-refractivity contribution in [3.8, 4) is 0 Å². The van der Waals surface area contributed by atoms with Gasteiger partial charge in [0.2, 0.25) is 0 Å². The molecule has 0 amide bonds. The molecule has 0 aliphatic carbocycles. The molecular weight excluding hydrogens is 236 g/mol. The van der Waals surface area contributed by atoms with E-state index in [1.54, 1.807) is 0 Å². The van der Waals surface area contributed by atoms with Gasteiger partial charge in [-0.25, -0.2) is 4.98 Å². The molecule has 0 saturated carbocycles. The lowest BCUT2D eigenvalue weighted by Crippen LogP contribution is -2.34. The molecular formula is C15H26N4. The predicted octanol–water partition coefficient (Wildman–Crippen LogP) is 1.50. The highest BCUT2D eigenvalue weighted by Crippen LogP contribution is 2.25. The fourth-order valence-corrected chi connectivity index (χ4v) is 2.94. The second kappa shape index (κ2) is 5.88.